The molecule has 8 nitrogen and oxygen atoms in total. The third-order valence-electron chi connectivity index (χ3n) is 6.81. The van der Waals surface area contributed by atoms with Crippen molar-refractivity contribution in [3.05, 3.63) is 60.2 Å². The average molecular weight is 492 g/mol. The van der Waals surface area contributed by atoms with Gasteiger partial charge in [-0.05, 0) is 56.5 Å². The van der Waals surface area contributed by atoms with E-state index in [1.807, 2.05) is 73.3 Å². The van der Waals surface area contributed by atoms with E-state index in [2.05, 4.69) is 15.5 Å². The summed E-state index contributed by atoms with van der Waals surface area (Å²) < 4.78 is 0. The summed E-state index contributed by atoms with van der Waals surface area (Å²) in [6, 6.07) is 17.7. The fourth-order valence-electron chi connectivity index (χ4n) is 4.56. The van der Waals surface area contributed by atoms with Gasteiger partial charge in [0, 0.05) is 56.1 Å². The number of hydrogen-bond donors (Lipinski definition) is 2. The number of piperazine rings is 1. The summed E-state index contributed by atoms with van der Waals surface area (Å²) in [5.74, 6) is -0.0920. The van der Waals surface area contributed by atoms with E-state index in [9.17, 15) is 14.4 Å². The van der Waals surface area contributed by atoms with Crippen LogP contribution in [0.1, 0.15) is 38.7 Å². The van der Waals surface area contributed by atoms with Crippen molar-refractivity contribution in [3.8, 4) is 0 Å². The zero-order valence-corrected chi connectivity index (χ0v) is 21.3. The van der Waals surface area contributed by atoms with E-state index in [1.54, 1.807) is 4.90 Å². The van der Waals surface area contributed by atoms with Gasteiger partial charge in [-0.1, -0.05) is 36.8 Å². The van der Waals surface area contributed by atoms with E-state index < -0.39 is 0 Å². The summed E-state index contributed by atoms with van der Waals surface area (Å²) in [5, 5.41) is 5.89. The Hall–Kier alpha value is -3.55. The van der Waals surface area contributed by atoms with Crippen molar-refractivity contribution in [1.29, 1.82) is 0 Å². The van der Waals surface area contributed by atoms with Crippen LogP contribution in [0.25, 0.3) is 0 Å². The zero-order chi connectivity index (χ0) is 25.5. The van der Waals surface area contributed by atoms with Crippen LogP contribution in [0.15, 0.2) is 54.6 Å². The van der Waals surface area contributed by atoms with E-state index >= 15 is 0 Å². The van der Waals surface area contributed by atoms with Gasteiger partial charge in [-0.2, -0.15) is 0 Å². The molecule has 0 spiro atoms. The Morgan fingerprint density at radius 1 is 0.944 bits per heavy atom. The standard InChI is InChI=1S/C28H37N5O3/c1-21(2)29-28(36)32-17-15-31(16-18-32)25-13-11-24(12-14-25)30-26(34)20-33(27(35)23-9-6-10-23)19-22-7-4-3-5-8-22/h3-5,7-8,11-14,21,23H,6,9-10,15-20H2,1-2H3,(H,29,36)(H,30,34). The van der Waals surface area contributed by atoms with Crippen molar-refractivity contribution in [3.63, 3.8) is 0 Å². The Labute approximate surface area is 213 Å². The molecule has 2 aromatic carbocycles. The van der Waals surface area contributed by atoms with Gasteiger partial charge in [-0.25, -0.2) is 4.79 Å². The molecule has 0 bridgehead atoms. The van der Waals surface area contributed by atoms with Crippen molar-refractivity contribution in [2.24, 2.45) is 5.92 Å². The number of anilines is 2. The predicted molar refractivity (Wildman–Crippen MR) is 142 cm³/mol. The molecule has 192 valence electrons. The van der Waals surface area contributed by atoms with Crippen LogP contribution in [0.5, 0.6) is 0 Å². The van der Waals surface area contributed by atoms with Crippen LogP contribution in [0.4, 0.5) is 16.2 Å². The lowest BCUT2D eigenvalue weighted by atomic mass is 9.84. The number of benzene rings is 2. The summed E-state index contributed by atoms with van der Waals surface area (Å²) in [5.41, 5.74) is 2.78. The van der Waals surface area contributed by atoms with Gasteiger partial charge in [0.25, 0.3) is 0 Å². The van der Waals surface area contributed by atoms with E-state index in [0.717, 1.165) is 43.6 Å². The maximum absolute atomic E-state index is 13.0. The molecule has 2 aromatic rings. The highest BCUT2D eigenvalue weighted by Crippen LogP contribution is 2.29. The molecule has 1 saturated carbocycles. The molecule has 4 rings (SSSR count). The van der Waals surface area contributed by atoms with Gasteiger partial charge in [0.05, 0.1) is 0 Å². The predicted octanol–water partition coefficient (Wildman–Crippen LogP) is 3.69. The average Bonchev–Trinajstić information content (AvgIpc) is 2.83. The topological polar surface area (TPSA) is 85.0 Å². The van der Waals surface area contributed by atoms with Gasteiger partial charge in [0.15, 0.2) is 0 Å². The van der Waals surface area contributed by atoms with Crippen molar-refractivity contribution in [2.45, 2.75) is 45.7 Å². The summed E-state index contributed by atoms with van der Waals surface area (Å²) in [6.45, 7) is 7.25. The molecule has 8 heteroatoms. The van der Waals surface area contributed by atoms with Gasteiger partial charge in [0.2, 0.25) is 11.8 Å². The van der Waals surface area contributed by atoms with Crippen LogP contribution >= 0.6 is 0 Å². The number of carbonyl (C=O) groups excluding carboxylic acids is 3. The quantitative estimate of drug-likeness (QED) is 0.590. The molecule has 0 radical (unpaired) electrons. The number of carbonyl (C=O) groups is 3. The van der Waals surface area contributed by atoms with E-state index in [1.165, 1.54) is 0 Å². The molecule has 1 aliphatic heterocycles. The molecule has 36 heavy (non-hydrogen) atoms. The minimum atomic E-state index is -0.198. The van der Waals surface area contributed by atoms with Crippen LogP contribution in [-0.4, -0.2) is 66.4 Å². The molecule has 2 fully saturated rings. The van der Waals surface area contributed by atoms with Gasteiger partial charge in [-0.15, -0.1) is 0 Å². The van der Waals surface area contributed by atoms with Crippen molar-refractivity contribution in [1.82, 2.24) is 15.1 Å². The fraction of sp³-hybridized carbons (Fsp3) is 0.464. The van der Waals surface area contributed by atoms with Crippen LogP contribution in [-0.2, 0) is 16.1 Å². The molecular weight excluding hydrogens is 454 g/mol. The number of urea groups is 1. The number of amides is 4. The molecule has 4 amide bonds. The van der Waals surface area contributed by atoms with Gasteiger partial charge >= 0.3 is 6.03 Å². The number of nitrogens with one attached hydrogen (secondary N) is 2. The Morgan fingerprint density at radius 3 is 2.19 bits per heavy atom. The SMILES string of the molecule is CC(C)NC(=O)N1CCN(c2ccc(NC(=O)CN(Cc3ccccc3)C(=O)C3CCC3)cc2)CC1. The molecule has 0 atom stereocenters. The first-order chi connectivity index (χ1) is 17.4. The molecule has 1 aliphatic carbocycles. The largest absolute Gasteiger partial charge is 0.368 e. The smallest absolute Gasteiger partial charge is 0.317 e. The first-order valence-electron chi connectivity index (χ1n) is 12.9. The molecule has 0 unspecified atom stereocenters. The lowest BCUT2D eigenvalue weighted by Crippen LogP contribution is -2.52. The maximum atomic E-state index is 13.0. The molecule has 1 saturated heterocycles. The zero-order valence-electron chi connectivity index (χ0n) is 21.3. The first-order valence-corrected chi connectivity index (χ1v) is 12.9. The number of hydrogen-bond acceptors (Lipinski definition) is 4. The second-order valence-corrected chi connectivity index (χ2v) is 9.98. The third-order valence-corrected chi connectivity index (χ3v) is 6.81. The van der Waals surface area contributed by atoms with Crippen LogP contribution in [0.2, 0.25) is 0 Å². The van der Waals surface area contributed by atoms with Gasteiger partial charge in [0.1, 0.15) is 6.54 Å². The maximum Gasteiger partial charge on any atom is 0.317 e. The Bertz CT molecular complexity index is 1030. The van der Waals surface area contributed by atoms with Crippen LogP contribution in [0.3, 0.4) is 0 Å². The van der Waals surface area contributed by atoms with E-state index in [0.29, 0.717) is 25.3 Å². The lowest BCUT2D eigenvalue weighted by Gasteiger charge is -2.36. The number of rotatable bonds is 8. The minimum Gasteiger partial charge on any atom is -0.368 e. The monoisotopic (exact) mass is 491 g/mol. The Kier molecular flexibility index (Phi) is 8.46. The van der Waals surface area contributed by atoms with E-state index in [-0.39, 0.29) is 36.3 Å². The number of nitrogens with zero attached hydrogens (tertiary/aromatic N) is 3. The Balaban J connectivity index is 1.30. The van der Waals surface area contributed by atoms with Gasteiger partial charge < -0.3 is 25.3 Å². The highest BCUT2D eigenvalue weighted by Gasteiger charge is 2.30. The molecule has 2 N–H and O–H groups in total. The molecule has 1 heterocycles. The van der Waals surface area contributed by atoms with Crippen molar-refractivity contribution in [2.75, 3.05) is 42.9 Å². The summed E-state index contributed by atoms with van der Waals surface area (Å²) in [6.07, 6.45) is 2.89. The highest BCUT2D eigenvalue weighted by atomic mass is 16.2. The van der Waals surface area contributed by atoms with Crippen molar-refractivity contribution < 1.29 is 14.4 Å². The first kappa shape index (κ1) is 25.5. The Morgan fingerprint density at radius 2 is 1.61 bits per heavy atom. The molecule has 0 aromatic heterocycles. The summed E-state index contributed by atoms with van der Waals surface area (Å²) >= 11 is 0. The highest BCUT2D eigenvalue weighted by molar-refractivity contribution is 5.95. The van der Waals surface area contributed by atoms with Gasteiger partial charge in [-0.3, -0.25) is 9.59 Å². The van der Waals surface area contributed by atoms with E-state index in [4.69, 9.17) is 0 Å². The summed E-state index contributed by atoms with van der Waals surface area (Å²) in [4.78, 5) is 43.8. The van der Waals surface area contributed by atoms with Crippen molar-refractivity contribution >= 4 is 29.2 Å². The second kappa shape index (κ2) is 11.9. The third kappa shape index (κ3) is 6.77. The normalized spacial score (nSPS) is 15.9. The summed E-state index contributed by atoms with van der Waals surface area (Å²) in [7, 11) is 0. The molecular formula is C28H37N5O3. The fourth-order valence-corrected chi connectivity index (χ4v) is 4.56. The second-order valence-electron chi connectivity index (χ2n) is 9.98. The van der Waals surface area contributed by atoms with Crippen LogP contribution < -0.4 is 15.5 Å². The minimum absolute atomic E-state index is 0.0141. The van der Waals surface area contributed by atoms with Crippen LogP contribution in [0, 0.1) is 5.92 Å². The molecule has 2 aliphatic rings. The lowest BCUT2D eigenvalue weighted by molar-refractivity contribution is -0.141.